The topological polar surface area (TPSA) is 0 Å². The van der Waals surface area contributed by atoms with Gasteiger partial charge in [0.1, 0.15) is 0 Å². The molecule has 1 aromatic rings. The van der Waals surface area contributed by atoms with Gasteiger partial charge in [0.25, 0.3) is 0 Å². The van der Waals surface area contributed by atoms with E-state index in [2.05, 4.69) is 6.58 Å². The number of unbranched alkanes of at least 4 members (excludes halogenated alkanes) is 1. The number of halogens is 3. The fourth-order valence-corrected chi connectivity index (χ4v) is 1.60. The Morgan fingerprint density at radius 2 is 1.68 bits per heavy atom. The average Bonchev–Trinajstić information content (AvgIpc) is 2.37. The minimum absolute atomic E-state index is 0.592. The van der Waals surface area contributed by atoms with Crippen LogP contribution in [0.1, 0.15) is 24.0 Å². The Bertz CT molecular complexity index is 436. The van der Waals surface area contributed by atoms with Gasteiger partial charge in [-0.1, -0.05) is 49.1 Å². The molecule has 0 atom stereocenters. The van der Waals surface area contributed by atoms with Crippen molar-refractivity contribution in [3.63, 3.8) is 0 Å². The van der Waals surface area contributed by atoms with Gasteiger partial charge in [0.05, 0.1) is 5.56 Å². The van der Waals surface area contributed by atoms with Crippen molar-refractivity contribution in [1.29, 1.82) is 0 Å². The molecule has 3 heteroatoms. The van der Waals surface area contributed by atoms with E-state index in [1.165, 1.54) is 0 Å². The van der Waals surface area contributed by atoms with Crippen LogP contribution in [0.3, 0.4) is 0 Å². The third kappa shape index (κ3) is 6.09. The van der Waals surface area contributed by atoms with Gasteiger partial charge in [-0.2, -0.15) is 13.2 Å². The summed E-state index contributed by atoms with van der Waals surface area (Å²) in [4.78, 5) is 0. The number of alkyl halides is 3. The normalized spacial score (nSPS) is 12.4. The zero-order chi connectivity index (χ0) is 14.1. The van der Waals surface area contributed by atoms with Crippen molar-refractivity contribution >= 4 is 0 Å². The summed E-state index contributed by atoms with van der Waals surface area (Å²) >= 11 is 0. The minimum Gasteiger partial charge on any atom is -0.166 e. The molecular formula is C16H17F3. The van der Waals surface area contributed by atoms with Crippen LogP contribution in [-0.2, 0) is 12.6 Å². The first-order valence-electron chi connectivity index (χ1n) is 6.14. The van der Waals surface area contributed by atoms with Crippen molar-refractivity contribution in [2.45, 2.75) is 25.4 Å². The second-order valence-electron chi connectivity index (χ2n) is 4.14. The van der Waals surface area contributed by atoms with Crippen molar-refractivity contribution < 1.29 is 13.2 Å². The first kappa shape index (κ1) is 15.3. The molecule has 0 radical (unpaired) electrons. The van der Waals surface area contributed by atoms with Gasteiger partial charge in [0, 0.05) is 0 Å². The van der Waals surface area contributed by atoms with Gasteiger partial charge in [-0.3, -0.25) is 0 Å². The monoisotopic (exact) mass is 266 g/mol. The molecule has 0 nitrogen and oxygen atoms in total. The van der Waals surface area contributed by atoms with Crippen LogP contribution in [-0.4, -0.2) is 0 Å². The van der Waals surface area contributed by atoms with E-state index in [4.69, 9.17) is 0 Å². The molecule has 0 aliphatic heterocycles. The molecule has 0 unspecified atom stereocenters. The standard InChI is InChI=1S/C16H17F3/c1-2-3-4-5-6-7-8-9-14-10-12-15(13-11-14)16(17,18)19/h2-6,10-13H,1,7-9H2/b4-3+,6-5+. The van der Waals surface area contributed by atoms with Crippen molar-refractivity contribution in [1.82, 2.24) is 0 Å². The van der Waals surface area contributed by atoms with E-state index in [9.17, 15) is 13.2 Å². The lowest BCUT2D eigenvalue weighted by molar-refractivity contribution is -0.137. The van der Waals surface area contributed by atoms with E-state index in [1.807, 2.05) is 24.3 Å². The molecule has 0 heterocycles. The molecule has 1 rings (SSSR count). The first-order chi connectivity index (χ1) is 9.04. The van der Waals surface area contributed by atoms with Crippen LogP contribution in [0, 0.1) is 0 Å². The molecule has 0 bridgehead atoms. The van der Waals surface area contributed by atoms with Gasteiger partial charge < -0.3 is 0 Å². The van der Waals surface area contributed by atoms with E-state index in [1.54, 1.807) is 18.2 Å². The van der Waals surface area contributed by atoms with Crippen LogP contribution in [0.4, 0.5) is 13.2 Å². The second kappa shape index (κ2) is 7.62. The summed E-state index contributed by atoms with van der Waals surface area (Å²) < 4.78 is 37.1. The van der Waals surface area contributed by atoms with Crippen molar-refractivity contribution in [3.8, 4) is 0 Å². The summed E-state index contributed by atoms with van der Waals surface area (Å²) in [5.74, 6) is 0. The molecule has 102 valence electrons. The van der Waals surface area contributed by atoms with Crippen molar-refractivity contribution in [2.75, 3.05) is 0 Å². The minimum atomic E-state index is -4.25. The Hall–Kier alpha value is -1.77. The molecule has 0 aromatic heterocycles. The van der Waals surface area contributed by atoms with Crippen LogP contribution in [0.15, 0.2) is 61.2 Å². The zero-order valence-electron chi connectivity index (χ0n) is 10.7. The summed E-state index contributed by atoms with van der Waals surface area (Å²) in [7, 11) is 0. The average molecular weight is 266 g/mol. The maximum absolute atomic E-state index is 12.4. The molecule has 0 N–H and O–H groups in total. The Kier molecular flexibility index (Phi) is 6.13. The number of hydrogen-bond acceptors (Lipinski definition) is 0. The molecule has 1 aromatic carbocycles. The lowest BCUT2D eigenvalue weighted by Gasteiger charge is -2.07. The Balaban J connectivity index is 2.36. The summed E-state index contributed by atoms with van der Waals surface area (Å²) in [5.41, 5.74) is 0.341. The summed E-state index contributed by atoms with van der Waals surface area (Å²) in [6.07, 6.45) is 7.77. The lowest BCUT2D eigenvalue weighted by atomic mass is 10.1. The molecule has 0 fully saturated rings. The van der Waals surface area contributed by atoms with Crippen molar-refractivity contribution in [2.24, 2.45) is 0 Å². The number of hydrogen-bond donors (Lipinski definition) is 0. The van der Waals surface area contributed by atoms with Crippen molar-refractivity contribution in [3.05, 3.63) is 72.4 Å². The molecule has 19 heavy (non-hydrogen) atoms. The number of rotatable bonds is 6. The Morgan fingerprint density at radius 3 is 2.26 bits per heavy atom. The highest BCUT2D eigenvalue weighted by molar-refractivity contribution is 5.24. The third-order valence-electron chi connectivity index (χ3n) is 2.61. The predicted molar refractivity (Wildman–Crippen MR) is 72.9 cm³/mol. The maximum atomic E-state index is 12.4. The molecule has 0 spiro atoms. The van der Waals surface area contributed by atoms with E-state index in [0.29, 0.717) is 0 Å². The van der Waals surface area contributed by atoms with Gasteiger partial charge >= 0.3 is 6.18 Å². The number of aryl methyl sites for hydroxylation is 1. The van der Waals surface area contributed by atoms with Gasteiger partial charge in [-0.05, 0) is 37.0 Å². The van der Waals surface area contributed by atoms with Gasteiger partial charge in [0.2, 0.25) is 0 Å². The third-order valence-corrected chi connectivity index (χ3v) is 2.61. The van der Waals surface area contributed by atoms with E-state index in [-0.39, 0.29) is 0 Å². The van der Waals surface area contributed by atoms with Gasteiger partial charge in [-0.25, -0.2) is 0 Å². The summed E-state index contributed by atoms with van der Waals surface area (Å²) in [6.45, 7) is 3.56. The Labute approximate surface area is 112 Å². The van der Waals surface area contributed by atoms with Gasteiger partial charge in [0.15, 0.2) is 0 Å². The SMILES string of the molecule is C=C/C=C/C=C/CCCc1ccc(C(F)(F)F)cc1. The molecule has 0 aliphatic carbocycles. The van der Waals surface area contributed by atoms with E-state index >= 15 is 0 Å². The zero-order valence-corrected chi connectivity index (χ0v) is 10.7. The molecule has 0 amide bonds. The van der Waals surface area contributed by atoms with Crippen LogP contribution in [0.5, 0.6) is 0 Å². The fourth-order valence-electron chi connectivity index (χ4n) is 1.60. The number of benzene rings is 1. The first-order valence-corrected chi connectivity index (χ1v) is 6.14. The molecular weight excluding hydrogens is 249 g/mol. The largest absolute Gasteiger partial charge is 0.416 e. The highest BCUT2D eigenvalue weighted by Crippen LogP contribution is 2.29. The quantitative estimate of drug-likeness (QED) is 0.482. The van der Waals surface area contributed by atoms with Crippen LogP contribution < -0.4 is 0 Å². The summed E-state index contributed by atoms with van der Waals surface area (Å²) in [6, 6.07) is 5.37. The Morgan fingerprint density at radius 1 is 1.00 bits per heavy atom. The smallest absolute Gasteiger partial charge is 0.166 e. The van der Waals surface area contributed by atoms with Crippen LogP contribution in [0.25, 0.3) is 0 Å². The molecule has 0 saturated carbocycles. The van der Waals surface area contributed by atoms with Gasteiger partial charge in [-0.15, -0.1) is 0 Å². The maximum Gasteiger partial charge on any atom is 0.416 e. The van der Waals surface area contributed by atoms with E-state index < -0.39 is 11.7 Å². The lowest BCUT2D eigenvalue weighted by Crippen LogP contribution is -2.04. The number of allylic oxidation sites excluding steroid dienone is 5. The molecule has 0 aliphatic rings. The highest BCUT2D eigenvalue weighted by atomic mass is 19.4. The summed E-state index contributed by atoms with van der Waals surface area (Å²) in [5, 5.41) is 0. The van der Waals surface area contributed by atoms with E-state index in [0.717, 1.165) is 37.0 Å². The predicted octanol–water partition coefficient (Wildman–Crippen LogP) is 5.33. The fraction of sp³-hybridized carbons (Fsp3) is 0.250. The van der Waals surface area contributed by atoms with Crippen LogP contribution in [0.2, 0.25) is 0 Å². The highest BCUT2D eigenvalue weighted by Gasteiger charge is 2.29. The molecule has 0 saturated heterocycles. The second-order valence-corrected chi connectivity index (χ2v) is 4.14. The van der Waals surface area contributed by atoms with Crippen LogP contribution >= 0.6 is 0 Å².